The second-order valence-electron chi connectivity index (χ2n) is 4.00. The molecule has 0 saturated carbocycles. The van der Waals surface area contributed by atoms with Crippen molar-refractivity contribution in [1.82, 2.24) is 0 Å². The molecule has 0 heterocycles. The van der Waals surface area contributed by atoms with Crippen LogP contribution in [0.5, 0.6) is 0 Å². The monoisotopic (exact) mass is 446 g/mol. The Morgan fingerprint density at radius 1 is 0.500 bits per heavy atom. The van der Waals surface area contributed by atoms with E-state index in [1.807, 2.05) is 0 Å². The minimum atomic E-state index is 0.120. The van der Waals surface area contributed by atoms with Crippen molar-refractivity contribution in [2.45, 2.75) is 59.0 Å². The van der Waals surface area contributed by atoms with Gasteiger partial charge in [-0.2, -0.15) is 0 Å². The summed E-state index contributed by atoms with van der Waals surface area (Å²) >= 11 is 0.460. The quantitative estimate of drug-likeness (QED) is 0.489. The SMILES string of the molecule is C[Si](C)C.C[Si](C)C.[CH3][Sn][CH3].[CH3][Sn][CH3]. The molecular weight excluding hydrogens is 414 g/mol. The van der Waals surface area contributed by atoms with Gasteiger partial charge in [-0.15, -0.1) is 0 Å². The zero-order valence-corrected chi connectivity index (χ0v) is 19.7. The Bertz CT molecular complexity index is 46.6. The van der Waals surface area contributed by atoms with E-state index in [9.17, 15) is 0 Å². The summed E-state index contributed by atoms with van der Waals surface area (Å²) < 4.78 is 0. The zero-order chi connectivity index (χ0) is 12.6. The summed E-state index contributed by atoms with van der Waals surface area (Å²) in [5.41, 5.74) is 0. The Kier molecular flexibility index (Phi) is 52.6. The fourth-order valence-corrected chi connectivity index (χ4v) is 0. The minimum absolute atomic E-state index is 0.120. The van der Waals surface area contributed by atoms with Gasteiger partial charge < -0.3 is 0 Å². The van der Waals surface area contributed by atoms with Crippen LogP contribution in [0.25, 0.3) is 0 Å². The molecule has 0 amide bonds. The van der Waals surface area contributed by atoms with Crippen LogP contribution in [0.2, 0.25) is 59.0 Å². The van der Waals surface area contributed by atoms with E-state index in [1.54, 1.807) is 0 Å². The standard InChI is InChI=1S/2C3H9Si.4CH3.2Sn/c2*1-4(2)3;;;;;;/h2*1-3H3;4*1H3;;. The summed E-state index contributed by atoms with van der Waals surface area (Å²) in [6.07, 6.45) is 0. The number of hydrogen-bond acceptors (Lipinski definition) is 0. The second kappa shape index (κ2) is 29.4. The molecule has 0 aromatic carbocycles. The Labute approximate surface area is 118 Å². The van der Waals surface area contributed by atoms with Gasteiger partial charge in [-0.3, -0.25) is 0 Å². The molecule has 0 aromatic heterocycles. The molecule has 4 heteroatoms. The first-order chi connectivity index (χ1) is 6.29. The van der Waals surface area contributed by atoms with Gasteiger partial charge in [-0.05, 0) is 0 Å². The maximum atomic E-state index is 2.30. The van der Waals surface area contributed by atoms with Crippen LogP contribution in [-0.2, 0) is 0 Å². The Morgan fingerprint density at radius 3 is 0.500 bits per heavy atom. The second-order valence-corrected chi connectivity index (χ2v) is 15.7. The molecule has 14 heavy (non-hydrogen) atoms. The molecule has 6 radical (unpaired) electrons. The van der Waals surface area contributed by atoms with Crippen molar-refractivity contribution < 1.29 is 0 Å². The Balaban J connectivity index is -0.0000000482. The fourth-order valence-electron chi connectivity index (χ4n) is 0. The third-order valence-corrected chi connectivity index (χ3v) is 0. The van der Waals surface area contributed by atoms with Gasteiger partial charge in [0.15, 0.2) is 0 Å². The van der Waals surface area contributed by atoms with Gasteiger partial charge >= 0.3 is 62.0 Å². The van der Waals surface area contributed by atoms with Gasteiger partial charge in [0.1, 0.15) is 0 Å². The molecule has 0 atom stereocenters. The van der Waals surface area contributed by atoms with Crippen molar-refractivity contribution in [1.29, 1.82) is 0 Å². The van der Waals surface area contributed by atoms with Crippen molar-refractivity contribution in [3.63, 3.8) is 0 Å². The van der Waals surface area contributed by atoms with E-state index in [0.29, 0.717) is 0 Å². The molecule has 0 saturated heterocycles. The van der Waals surface area contributed by atoms with Crippen LogP contribution < -0.4 is 0 Å². The molecule has 0 nitrogen and oxygen atoms in total. The average Bonchev–Trinajstić information content (AvgIpc) is 1.85. The molecule has 86 valence electrons. The third kappa shape index (κ3) is 578. The normalized spacial score (nSPS) is 7.71. The van der Waals surface area contributed by atoms with Crippen LogP contribution in [0.1, 0.15) is 0 Å². The van der Waals surface area contributed by atoms with Crippen molar-refractivity contribution in [3.8, 4) is 0 Å². The van der Waals surface area contributed by atoms with Crippen LogP contribution in [0, 0.1) is 0 Å². The first-order valence-electron chi connectivity index (χ1n) is 5.00. The van der Waals surface area contributed by atoms with Gasteiger partial charge in [0.05, 0.1) is 0 Å². The van der Waals surface area contributed by atoms with E-state index in [4.69, 9.17) is 0 Å². The zero-order valence-electron chi connectivity index (χ0n) is 12.0. The predicted octanol–water partition coefficient (Wildman–Crippen LogP) is 4.31. The molecule has 0 aliphatic rings. The van der Waals surface area contributed by atoms with Gasteiger partial charge in [-0.1, -0.05) is 39.3 Å². The summed E-state index contributed by atoms with van der Waals surface area (Å²) in [5, 5.41) is 0. The van der Waals surface area contributed by atoms with Crippen LogP contribution in [-0.4, -0.2) is 59.9 Å². The molecular formula is C10H30Si2Sn2. The molecule has 0 aromatic rings. The van der Waals surface area contributed by atoms with E-state index >= 15 is 0 Å². The Morgan fingerprint density at radius 2 is 0.500 bits per heavy atom. The van der Waals surface area contributed by atoms with Crippen LogP contribution in [0.4, 0.5) is 0 Å². The first kappa shape index (κ1) is 25.0. The van der Waals surface area contributed by atoms with Gasteiger partial charge in [0.25, 0.3) is 0 Å². The van der Waals surface area contributed by atoms with Crippen LogP contribution >= 0.6 is 0 Å². The van der Waals surface area contributed by atoms with Crippen molar-refractivity contribution in [2.75, 3.05) is 0 Å². The number of hydrogen-bond donors (Lipinski definition) is 0. The van der Waals surface area contributed by atoms with Crippen molar-refractivity contribution >= 4 is 59.9 Å². The molecule has 0 spiro atoms. The van der Waals surface area contributed by atoms with Crippen LogP contribution in [0.3, 0.4) is 0 Å². The van der Waals surface area contributed by atoms with Gasteiger partial charge in [0.2, 0.25) is 0 Å². The molecule has 0 fully saturated rings. The summed E-state index contributed by atoms with van der Waals surface area (Å²) in [5.74, 6) is 0. The molecule has 0 bridgehead atoms. The van der Waals surface area contributed by atoms with Crippen molar-refractivity contribution in [2.24, 2.45) is 0 Å². The van der Waals surface area contributed by atoms with E-state index in [-0.39, 0.29) is 59.9 Å². The summed E-state index contributed by atoms with van der Waals surface area (Å²) in [7, 11) is 0.241. The maximum absolute atomic E-state index is 2.30. The van der Waals surface area contributed by atoms with E-state index < -0.39 is 0 Å². The molecule has 0 aliphatic heterocycles. The molecule has 0 rings (SSSR count). The summed E-state index contributed by atoms with van der Waals surface area (Å²) in [6, 6.07) is 0. The van der Waals surface area contributed by atoms with Gasteiger partial charge in [0, 0.05) is 17.6 Å². The molecule has 0 N–H and O–H groups in total. The first-order valence-corrected chi connectivity index (χ1v) is 22.4. The van der Waals surface area contributed by atoms with E-state index in [1.165, 1.54) is 0 Å². The fraction of sp³-hybridized carbons (Fsp3) is 1.00. The van der Waals surface area contributed by atoms with E-state index in [2.05, 4.69) is 59.0 Å². The molecule has 0 aliphatic carbocycles. The predicted molar refractivity (Wildman–Crippen MR) is 81.7 cm³/mol. The van der Waals surface area contributed by atoms with Crippen molar-refractivity contribution in [3.05, 3.63) is 0 Å². The summed E-state index contributed by atoms with van der Waals surface area (Å²) in [6.45, 7) is 13.6. The Hall–Kier alpha value is 2.03. The summed E-state index contributed by atoms with van der Waals surface area (Å²) in [4.78, 5) is 9.18. The van der Waals surface area contributed by atoms with E-state index in [0.717, 1.165) is 0 Å². The van der Waals surface area contributed by atoms with Gasteiger partial charge in [-0.25, -0.2) is 0 Å². The van der Waals surface area contributed by atoms with Crippen LogP contribution in [0.15, 0.2) is 0 Å². The topological polar surface area (TPSA) is 0 Å². The average molecular weight is 444 g/mol. The molecule has 0 unspecified atom stereocenters. The third-order valence-electron chi connectivity index (χ3n) is 0. The number of rotatable bonds is 0.